The number of carbonyl (C=O) groups is 1. The molecule has 1 saturated heterocycles. The van der Waals surface area contributed by atoms with Crippen LogP contribution in [0.3, 0.4) is 0 Å². The van der Waals surface area contributed by atoms with Gasteiger partial charge in [-0.05, 0) is 24.3 Å². The van der Waals surface area contributed by atoms with Crippen molar-refractivity contribution >= 4 is 39.8 Å². The normalized spacial score (nSPS) is 14.2. The molecule has 1 fully saturated rings. The van der Waals surface area contributed by atoms with Crippen molar-refractivity contribution in [3.63, 3.8) is 0 Å². The summed E-state index contributed by atoms with van der Waals surface area (Å²) in [5.41, 5.74) is 0.595. The zero-order valence-corrected chi connectivity index (χ0v) is 17.2. The third kappa shape index (κ3) is 5.07. The summed E-state index contributed by atoms with van der Waals surface area (Å²) in [5.74, 6) is 0.963. The minimum atomic E-state index is -0.226. The van der Waals surface area contributed by atoms with Gasteiger partial charge in [0.15, 0.2) is 4.34 Å². The summed E-state index contributed by atoms with van der Waals surface area (Å²) in [4.78, 5) is 16.3. The van der Waals surface area contributed by atoms with Crippen LogP contribution in [0.5, 0.6) is 0 Å². The number of hydrogen-bond acceptors (Lipinski definition) is 8. The standard InChI is InChI=1S/C19H20FN5O2S2/c20-15-5-1-2-6-16(15)24-7-9-25(10-8-24)17(26)13-28-19-23-22-18(29-19)21-12-14-4-3-11-27-14/h1-6,11H,7-10,12-13H2,(H,21,22). The van der Waals surface area contributed by atoms with Gasteiger partial charge in [0.25, 0.3) is 0 Å². The number of carbonyl (C=O) groups excluding carboxylic acids is 1. The van der Waals surface area contributed by atoms with Gasteiger partial charge in [-0.25, -0.2) is 4.39 Å². The number of thioether (sulfide) groups is 1. The Morgan fingerprint density at radius 2 is 2.00 bits per heavy atom. The maximum atomic E-state index is 13.9. The third-order valence-electron chi connectivity index (χ3n) is 4.55. The SMILES string of the molecule is O=C(CSc1nnc(NCc2ccco2)s1)N1CCN(c2ccccc2F)CC1. The van der Waals surface area contributed by atoms with Gasteiger partial charge in [0.2, 0.25) is 11.0 Å². The molecule has 10 heteroatoms. The van der Waals surface area contributed by atoms with Crippen LogP contribution in [-0.2, 0) is 11.3 Å². The Kier molecular flexibility index (Phi) is 6.30. The number of nitrogens with zero attached hydrogens (tertiary/aromatic N) is 4. The molecular formula is C19H20FN5O2S2. The molecule has 0 saturated carbocycles. The van der Waals surface area contributed by atoms with Crippen molar-refractivity contribution in [3.8, 4) is 0 Å². The number of piperazine rings is 1. The summed E-state index contributed by atoms with van der Waals surface area (Å²) in [6.45, 7) is 2.95. The summed E-state index contributed by atoms with van der Waals surface area (Å²) in [5, 5.41) is 12.0. The molecule has 152 valence electrons. The minimum Gasteiger partial charge on any atom is -0.467 e. The molecular weight excluding hydrogens is 413 g/mol. The molecule has 0 aliphatic carbocycles. The van der Waals surface area contributed by atoms with Gasteiger partial charge >= 0.3 is 0 Å². The van der Waals surface area contributed by atoms with Crippen molar-refractivity contribution in [2.45, 2.75) is 10.9 Å². The predicted octanol–water partition coefficient (Wildman–Crippen LogP) is 3.32. The Labute approximate surface area is 175 Å². The van der Waals surface area contributed by atoms with E-state index in [4.69, 9.17) is 4.42 Å². The number of aromatic nitrogens is 2. The summed E-state index contributed by atoms with van der Waals surface area (Å²) >= 11 is 2.79. The molecule has 1 aromatic carbocycles. The number of anilines is 2. The lowest BCUT2D eigenvalue weighted by Gasteiger charge is -2.36. The molecule has 0 unspecified atom stereocenters. The van der Waals surface area contributed by atoms with Gasteiger partial charge in [-0.3, -0.25) is 4.79 Å². The first-order valence-corrected chi connectivity index (χ1v) is 11.0. The van der Waals surface area contributed by atoms with Gasteiger partial charge in [0.1, 0.15) is 11.6 Å². The lowest BCUT2D eigenvalue weighted by Crippen LogP contribution is -2.49. The van der Waals surface area contributed by atoms with Crippen LogP contribution in [0, 0.1) is 5.82 Å². The maximum Gasteiger partial charge on any atom is 0.233 e. The van der Waals surface area contributed by atoms with Crippen LogP contribution >= 0.6 is 23.1 Å². The Morgan fingerprint density at radius 1 is 1.17 bits per heavy atom. The summed E-state index contributed by atoms with van der Waals surface area (Å²) in [6, 6.07) is 10.5. The summed E-state index contributed by atoms with van der Waals surface area (Å²) in [7, 11) is 0. The van der Waals surface area contributed by atoms with Crippen molar-refractivity contribution in [2.24, 2.45) is 0 Å². The predicted molar refractivity (Wildman–Crippen MR) is 112 cm³/mol. The first-order chi connectivity index (χ1) is 14.2. The number of furan rings is 1. The van der Waals surface area contributed by atoms with Crippen molar-refractivity contribution in [2.75, 3.05) is 42.1 Å². The molecule has 1 N–H and O–H groups in total. The molecule has 0 radical (unpaired) electrons. The molecule has 3 aromatic rings. The second kappa shape index (κ2) is 9.27. The maximum absolute atomic E-state index is 13.9. The average Bonchev–Trinajstić information content (AvgIpc) is 3.43. The number of benzene rings is 1. The first-order valence-electron chi connectivity index (χ1n) is 9.19. The van der Waals surface area contributed by atoms with E-state index in [0.717, 1.165) is 10.1 Å². The van der Waals surface area contributed by atoms with E-state index in [1.807, 2.05) is 28.0 Å². The van der Waals surface area contributed by atoms with E-state index in [2.05, 4.69) is 15.5 Å². The fraction of sp³-hybridized carbons (Fsp3) is 0.316. The van der Waals surface area contributed by atoms with Gasteiger partial charge in [-0.2, -0.15) is 0 Å². The Hall–Kier alpha value is -2.59. The van der Waals surface area contributed by atoms with E-state index in [-0.39, 0.29) is 11.7 Å². The van der Waals surface area contributed by atoms with Gasteiger partial charge in [0.05, 0.1) is 24.2 Å². The number of amides is 1. The van der Waals surface area contributed by atoms with Crippen LogP contribution in [-0.4, -0.2) is 52.9 Å². The van der Waals surface area contributed by atoms with Crippen LogP contribution < -0.4 is 10.2 Å². The lowest BCUT2D eigenvalue weighted by molar-refractivity contribution is -0.128. The highest BCUT2D eigenvalue weighted by Gasteiger charge is 2.23. The number of hydrogen-bond donors (Lipinski definition) is 1. The molecule has 0 bridgehead atoms. The summed E-state index contributed by atoms with van der Waals surface area (Å²) < 4.78 is 19.9. The molecule has 1 aliphatic heterocycles. The van der Waals surface area contributed by atoms with Crippen LogP contribution in [0.2, 0.25) is 0 Å². The van der Waals surface area contributed by atoms with E-state index >= 15 is 0 Å². The van der Waals surface area contributed by atoms with E-state index < -0.39 is 0 Å². The highest BCUT2D eigenvalue weighted by molar-refractivity contribution is 8.01. The smallest absolute Gasteiger partial charge is 0.233 e. The second-order valence-electron chi connectivity index (χ2n) is 6.41. The van der Waals surface area contributed by atoms with Crippen LogP contribution in [0.1, 0.15) is 5.76 Å². The third-order valence-corrected chi connectivity index (χ3v) is 6.54. The molecule has 29 heavy (non-hydrogen) atoms. The fourth-order valence-electron chi connectivity index (χ4n) is 3.04. The first kappa shape index (κ1) is 19.7. The van der Waals surface area contributed by atoms with Crippen LogP contribution in [0.25, 0.3) is 0 Å². The zero-order chi connectivity index (χ0) is 20.1. The zero-order valence-electron chi connectivity index (χ0n) is 15.6. The average molecular weight is 434 g/mol. The Morgan fingerprint density at radius 3 is 2.76 bits per heavy atom. The van der Waals surface area contributed by atoms with E-state index in [0.29, 0.717) is 49.3 Å². The number of halogens is 1. The number of para-hydroxylation sites is 1. The molecule has 2 aromatic heterocycles. The molecule has 7 nitrogen and oxygen atoms in total. The van der Waals surface area contributed by atoms with Gasteiger partial charge in [-0.15, -0.1) is 10.2 Å². The Bertz CT molecular complexity index is 942. The van der Waals surface area contributed by atoms with E-state index in [1.54, 1.807) is 18.4 Å². The van der Waals surface area contributed by atoms with Gasteiger partial charge in [0, 0.05) is 26.2 Å². The molecule has 1 amide bonds. The van der Waals surface area contributed by atoms with Crippen molar-refractivity contribution in [3.05, 3.63) is 54.2 Å². The van der Waals surface area contributed by atoms with Crippen LogP contribution in [0.15, 0.2) is 51.4 Å². The summed E-state index contributed by atoms with van der Waals surface area (Å²) in [6.07, 6.45) is 1.63. The number of nitrogens with one attached hydrogen (secondary N) is 1. The van der Waals surface area contributed by atoms with Gasteiger partial charge in [-0.1, -0.05) is 35.2 Å². The largest absolute Gasteiger partial charge is 0.467 e. The number of rotatable bonds is 7. The fourth-order valence-corrected chi connectivity index (χ4v) is 4.69. The van der Waals surface area contributed by atoms with E-state index in [9.17, 15) is 9.18 Å². The molecule has 1 aliphatic rings. The van der Waals surface area contributed by atoms with E-state index in [1.165, 1.54) is 29.2 Å². The molecule has 0 atom stereocenters. The lowest BCUT2D eigenvalue weighted by atomic mass is 10.2. The molecule has 3 heterocycles. The Balaban J connectivity index is 1.22. The van der Waals surface area contributed by atoms with Gasteiger partial charge < -0.3 is 19.5 Å². The second-order valence-corrected chi connectivity index (χ2v) is 8.61. The highest BCUT2D eigenvalue weighted by atomic mass is 32.2. The topological polar surface area (TPSA) is 74.5 Å². The van der Waals surface area contributed by atoms with Crippen LogP contribution in [0.4, 0.5) is 15.2 Å². The van der Waals surface area contributed by atoms with Crippen molar-refractivity contribution in [1.82, 2.24) is 15.1 Å². The van der Waals surface area contributed by atoms with Crippen molar-refractivity contribution < 1.29 is 13.6 Å². The van der Waals surface area contributed by atoms with Crippen molar-refractivity contribution in [1.29, 1.82) is 0 Å². The molecule has 0 spiro atoms. The quantitative estimate of drug-likeness (QED) is 0.573. The minimum absolute atomic E-state index is 0.0588. The highest BCUT2D eigenvalue weighted by Crippen LogP contribution is 2.26. The monoisotopic (exact) mass is 433 g/mol. The molecule has 4 rings (SSSR count).